The van der Waals surface area contributed by atoms with Gasteiger partial charge in [0, 0.05) is 22.8 Å². The normalized spacial score (nSPS) is 11.4. The van der Waals surface area contributed by atoms with Crippen molar-refractivity contribution in [3.63, 3.8) is 0 Å². The molecule has 0 bridgehead atoms. The van der Waals surface area contributed by atoms with Crippen LogP contribution in [0.1, 0.15) is 31.0 Å². The number of aryl methyl sites for hydroxylation is 1. The zero-order valence-electron chi connectivity index (χ0n) is 10.0. The molecule has 1 aromatic carbocycles. The first-order valence-corrected chi connectivity index (χ1v) is 5.46. The number of hydrogen-bond donors (Lipinski definition) is 1. The maximum atomic E-state index is 13.2. The van der Waals surface area contributed by atoms with Crippen molar-refractivity contribution in [2.24, 2.45) is 0 Å². The van der Waals surface area contributed by atoms with Crippen molar-refractivity contribution in [3.05, 3.63) is 35.0 Å². The molecule has 1 aromatic heterocycles. The summed E-state index contributed by atoms with van der Waals surface area (Å²) in [6.45, 7) is 5.81. The molecule has 0 aliphatic carbocycles. The molecule has 0 fully saturated rings. The van der Waals surface area contributed by atoms with Crippen LogP contribution in [-0.2, 0) is 0 Å². The molecular formula is C13H14F2N2. The van der Waals surface area contributed by atoms with Gasteiger partial charge < -0.3 is 5.73 Å². The molecule has 17 heavy (non-hydrogen) atoms. The fourth-order valence-electron chi connectivity index (χ4n) is 2.15. The summed E-state index contributed by atoms with van der Waals surface area (Å²) in [6.07, 6.45) is 0. The standard InChI is InChI=1S/C13H14F2N2/c1-6(2)12-7(3)17-11-5-10(15)9(14)4-8(11)13(12)16/h4-6H,1-3H3,(H2,16,17). The highest BCUT2D eigenvalue weighted by atomic mass is 19.2. The van der Waals surface area contributed by atoms with Crippen molar-refractivity contribution in [1.29, 1.82) is 0 Å². The van der Waals surface area contributed by atoms with E-state index in [9.17, 15) is 8.78 Å². The largest absolute Gasteiger partial charge is 0.398 e. The van der Waals surface area contributed by atoms with Crippen LogP contribution in [0.15, 0.2) is 12.1 Å². The minimum atomic E-state index is -0.902. The van der Waals surface area contributed by atoms with Crippen LogP contribution < -0.4 is 5.73 Å². The molecule has 4 heteroatoms. The van der Waals surface area contributed by atoms with E-state index in [0.717, 1.165) is 23.4 Å². The van der Waals surface area contributed by atoms with Gasteiger partial charge in [-0.1, -0.05) is 13.8 Å². The Bertz CT molecular complexity index is 592. The molecule has 0 atom stereocenters. The predicted molar refractivity (Wildman–Crippen MR) is 64.9 cm³/mol. The number of rotatable bonds is 1. The molecule has 2 N–H and O–H groups in total. The number of fused-ring (bicyclic) bond motifs is 1. The third kappa shape index (κ3) is 1.84. The van der Waals surface area contributed by atoms with Crippen LogP contribution in [0.25, 0.3) is 10.9 Å². The van der Waals surface area contributed by atoms with Crippen molar-refractivity contribution >= 4 is 16.6 Å². The zero-order chi connectivity index (χ0) is 12.7. The lowest BCUT2D eigenvalue weighted by atomic mass is 9.97. The molecule has 0 aliphatic heterocycles. The summed E-state index contributed by atoms with van der Waals surface area (Å²) in [6, 6.07) is 2.19. The number of benzene rings is 1. The number of anilines is 1. The SMILES string of the molecule is Cc1nc2cc(F)c(F)cc2c(N)c1C(C)C. The van der Waals surface area contributed by atoms with Gasteiger partial charge in [-0.05, 0) is 24.5 Å². The highest BCUT2D eigenvalue weighted by molar-refractivity contribution is 5.92. The van der Waals surface area contributed by atoms with E-state index in [4.69, 9.17) is 5.73 Å². The van der Waals surface area contributed by atoms with Crippen LogP contribution in [0.4, 0.5) is 14.5 Å². The summed E-state index contributed by atoms with van der Waals surface area (Å²) in [7, 11) is 0. The maximum Gasteiger partial charge on any atom is 0.161 e. The Morgan fingerprint density at radius 3 is 2.35 bits per heavy atom. The second-order valence-electron chi connectivity index (χ2n) is 4.46. The molecule has 0 spiro atoms. The van der Waals surface area contributed by atoms with Crippen LogP contribution in [0.3, 0.4) is 0 Å². The summed E-state index contributed by atoms with van der Waals surface area (Å²) in [5, 5.41) is 0.471. The minimum Gasteiger partial charge on any atom is -0.398 e. The Labute approximate surface area is 98.5 Å². The molecule has 0 amide bonds. The van der Waals surface area contributed by atoms with E-state index in [1.165, 1.54) is 0 Å². The van der Waals surface area contributed by atoms with E-state index >= 15 is 0 Å². The smallest absolute Gasteiger partial charge is 0.161 e. The second-order valence-corrected chi connectivity index (χ2v) is 4.46. The van der Waals surface area contributed by atoms with Crippen LogP contribution >= 0.6 is 0 Å². The van der Waals surface area contributed by atoms with Crippen LogP contribution in [-0.4, -0.2) is 4.98 Å². The van der Waals surface area contributed by atoms with E-state index in [0.29, 0.717) is 16.6 Å². The number of pyridine rings is 1. The predicted octanol–water partition coefficient (Wildman–Crippen LogP) is 3.53. The summed E-state index contributed by atoms with van der Waals surface area (Å²) in [5.41, 5.74) is 8.54. The van der Waals surface area contributed by atoms with Gasteiger partial charge in [0.1, 0.15) is 0 Å². The Morgan fingerprint density at radius 1 is 1.18 bits per heavy atom. The van der Waals surface area contributed by atoms with Crippen molar-refractivity contribution in [3.8, 4) is 0 Å². The lowest BCUT2D eigenvalue weighted by Crippen LogP contribution is -2.04. The van der Waals surface area contributed by atoms with Crippen molar-refractivity contribution in [1.82, 2.24) is 4.98 Å². The van der Waals surface area contributed by atoms with Crippen LogP contribution in [0.5, 0.6) is 0 Å². The van der Waals surface area contributed by atoms with Gasteiger partial charge in [0.05, 0.1) is 5.52 Å². The molecule has 0 radical (unpaired) electrons. The second kappa shape index (κ2) is 3.95. The topological polar surface area (TPSA) is 38.9 Å². The van der Waals surface area contributed by atoms with Crippen molar-refractivity contribution < 1.29 is 8.78 Å². The summed E-state index contributed by atoms with van der Waals surface area (Å²) >= 11 is 0. The van der Waals surface area contributed by atoms with E-state index in [-0.39, 0.29) is 5.92 Å². The van der Waals surface area contributed by atoms with Gasteiger partial charge in [0.25, 0.3) is 0 Å². The molecule has 2 aromatic rings. The monoisotopic (exact) mass is 236 g/mol. The van der Waals surface area contributed by atoms with Crippen molar-refractivity contribution in [2.45, 2.75) is 26.7 Å². The first-order valence-electron chi connectivity index (χ1n) is 5.46. The van der Waals surface area contributed by atoms with Crippen LogP contribution in [0.2, 0.25) is 0 Å². The maximum absolute atomic E-state index is 13.2. The number of hydrogen-bond acceptors (Lipinski definition) is 2. The third-order valence-electron chi connectivity index (χ3n) is 2.87. The molecule has 0 saturated carbocycles. The number of halogens is 2. The molecule has 90 valence electrons. The molecular weight excluding hydrogens is 222 g/mol. The van der Waals surface area contributed by atoms with Gasteiger partial charge in [-0.15, -0.1) is 0 Å². The molecule has 2 nitrogen and oxygen atoms in total. The fourth-order valence-corrected chi connectivity index (χ4v) is 2.15. The van der Waals surface area contributed by atoms with Gasteiger partial charge in [0.15, 0.2) is 11.6 Å². The number of nitrogens with zero attached hydrogens (tertiary/aromatic N) is 1. The Balaban J connectivity index is 2.87. The quantitative estimate of drug-likeness (QED) is 0.822. The van der Waals surface area contributed by atoms with Gasteiger partial charge in [-0.25, -0.2) is 8.78 Å². The Morgan fingerprint density at radius 2 is 1.76 bits per heavy atom. The summed E-state index contributed by atoms with van der Waals surface area (Å²) < 4.78 is 26.3. The Kier molecular flexibility index (Phi) is 2.73. The van der Waals surface area contributed by atoms with Crippen LogP contribution in [0, 0.1) is 18.6 Å². The van der Waals surface area contributed by atoms with E-state index < -0.39 is 11.6 Å². The molecule has 0 saturated heterocycles. The zero-order valence-corrected chi connectivity index (χ0v) is 10.0. The molecule has 0 unspecified atom stereocenters. The lowest BCUT2D eigenvalue weighted by molar-refractivity contribution is 0.510. The third-order valence-corrected chi connectivity index (χ3v) is 2.87. The summed E-state index contributed by atoms with van der Waals surface area (Å²) in [5.74, 6) is -1.61. The average molecular weight is 236 g/mol. The molecule has 2 rings (SSSR count). The van der Waals surface area contributed by atoms with Gasteiger partial charge in [-0.2, -0.15) is 0 Å². The molecule has 1 heterocycles. The highest BCUT2D eigenvalue weighted by Crippen LogP contribution is 2.31. The van der Waals surface area contributed by atoms with Crippen molar-refractivity contribution in [2.75, 3.05) is 5.73 Å². The number of nitrogen functional groups attached to an aromatic ring is 1. The van der Waals surface area contributed by atoms with E-state index in [2.05, 4.69) is 4.98 Å². The Hall–Kier alpha value is -1.71. The van der Waals surface area contributed by atoms with Gasteiger partial charge >= 0.3 is 0 Å². The first-order chi connectivity index (χ1) is 7.91. The number of aromatic nitrogens is 1. The molecule has 0 aliphatic rings. The average Bonchev–Trinajstić information content (AvgIpc) is 2.21. The minimum absolute atomic E-state index is 0.194. The highest BCUT2D eigenvalue weighted by Gasteiger charge is 2.15. The summed E-state index contributed by atoms with van der Waals surface area (Å²) in [4.78, 5) is 4.27. The lowest BCUT2D eigenvalue weighted by Gasteiger charge is -2.15. The van der Waals surface area contributed by atoms with Gasteiger partial charge in [-0.3, -0.25) is 4.98 Å². The van der Waals surface area contributed by atoms with Gasteiger partial charge in [0.2, 0.25) is 0 Å². The fraction of sp³-hybridized carbons (Fsp3) is 0.308. The van der Waals surface area contributed by atoms with E-state index in [1.54, 1.807) is 0 Å². The first kappa shape index (κ1) is 11.8. The van der Waals surface area contributed by atoms with E-state index in [1.807, 2.05) is 20.8 Å². The number of nitrogens with two attached hydrogens (primary N) is 1.